The summed E-state index contributed by atoms with van der Waals surface area (Å²) in [6.45, 7) is 2.01. The summed E-state index contributed by atoms with van der Waals surface area (Å²) in [5.74, 6) is 0.427. The molecule has 10 heteroatoms. The number of carbonyl (C=O) groups excluding carboxylic acids is 1. The molecule has 3 aromatic carbocycles. The molecule has 0 bridgehead atoms. The minimum absolute atomic E-state index is 0. The van der Waals surface area contributed by atoms with Crippen LogP contribution in [0.3, 0.4) is 0 Å². The van der Waals surface area contributed by atoms with Gasteiger partial charge in [-0.2, -0.15) is 0 Å². The van der Waals surface area contributed by atoms with Crippen molar-refractivity contribution in [1.82, 2.24) is 4.72 Å². The molecule has 5 rings (SSSR count). The van der Waals surface area contributed by atoms with Crippen LogP contribution in [0, 0.1) is 12.7 Å². The minimum atomic E-state index is -4.35. The van der Waals surface area contributed by atoms with Crippen molar-refractivity contribution >= 4 is 15.8 Å². The second-order valence-electron chi connectivity index (χ2n) is 10.5. The number of aliphatic hydroxyl groups is 2. The van der Waals surface area contributed by atoms with E-state index in [0.717, 1.165) is 41.7 Å². The largest absolute Gasteiger partial charge is 0.454 e. The molecular weight excluding hydrogens is 525 g/mol. The number of hydrogen-bond acceptors (Lipinski definition) is 7. The Morgan fingerprint density at radius 1 is 1.05 bits per heavy atom. The molecule has 1 fully saturated rings. The summed E-state index contributed by atoms with van der Waals surface area (Å²) in [5, 5.41) is 18.8. The smallest absolute Gasteiger partial charge is 0.244 e. The maximum atomic E-state index is 15.1. The van der Waals surface area contributed by atoms with E-state index in [0.29, 0.717) is 22.6 Å². The Hall–Kier alpha value is -3.31. The van der Waals surface area contributed by atoms with Crippen molar-refractivity contribution in [2.45, 2.75) is 49.0 Å². The van der Waals surface area contributed by atoms with Gasteiger partial charge in [0.25, 0.3) is 0 Å². The molecule has 1 heterocycles. The minimum Gasteiger partial charge on any atom is -0.454 e. The van der Waals surface area contributed by atoms with Gasteiger partial charge in [-0.15, -0.1) is 0 Å². The summed E-state index contributed by atoms with van der Waals surface area (Å²) in [6, 6.07) is 15.0. The number of ketones is 1. The van der Waals surface area contributed by atoms with E-state index in [1.165, 1.54) is 13.0 Å². The summed E-state index contributed by atoms with van der Waals surface area (Å²) in [4.78, 5) is 12.9. The molecule has 2 aliphatic rings. The monoisotopic (exact) mass is 561 g/mol. The fourth-order valence-electron chi connectivity index (χ4n) is 4.87. The number of hydrogen-bond donors (Lipinski definition) is 3. The third-order valence-corrected chi connectivity index (χ3v) is 9.16. The normalized spacial score (nSPS) is 15.8. The highest BCUT2D eigenvalue weighted by Crippen LogP contribution is 2.51. The molecule has 0 radical (unpaired) electrons. The molecule has 0 amide bonds. The van der Waals surface area contributed by atoms with Crippen molar-refractivity contribution in [3.63, 3.8) is 0 Å². The predicted octanol–water partition coefficient (Wildman–Crippen LogP) is 4.13. The van der Waals surface area contributed by atoms with Crippen molar-refractivity contribution in [3.8, 4) is 22.6 Å². The summed E-state index contributed by atoms with van der Waals surface area (Å²) in [5.41, 5.74) is 1.56. The van der Waals surface area contributed by atoms with Crippen molar-refractivity contribution in [2.24, 2.45) is 0 Å². The number of carbonyl (C=O) groups is 1. The summed E-state index contributed by atoms with van der Waals surface area (Å²) in [7, 11) is -4.35. The van der Waals surface area contributed by atoms with Crippen molar-refractivity contribution in [1.29, 1.82) is 0 Å². The Bertz CT molecular complexity index is 1560. The molecule has 0 unspecified atom stereocenters. The summed E-state index contributed by atoms with van der Waals surface area (Å²) in [6.07, 6.45) is 1.71. The zero-order chi connectivity index (χ0) is 28.0. The van der Waals surface area contributed by atoms with Gasteiger partial charge in [0, 0.05) is 10.7 Å². The molecule has 1 aliphatic heterocycles. The maximum Gasteiger partial charge on any atom is 0.244 e. The van der Waals surface area contributed by atoms with Crippen LogP contribution >= 0.6 is 0 Å². The lowest BCUT2D eigenvalue weighted by atomic mass is 9.87. The SMILES string of the molecule is Cc1ccc(CC(=O)C2(c3ccc4c(c3)OCO4)CC2)cc1-c1ccc(S(=O)(=O)NC(C)(CO)CO)c(F)c1.[HH].[HH].[HH]. The van der Waals surface area contributed by atoms with E-state index in [-0.39, 0.29) is 23.3 Å². The Morgan fingerprint density at radius 2 is 1.77 bits per heavy atom. The molecule has 0 saturated heterocycles. The first-order valence-corrected chi connectivity index (χ1v) is 14.1. The zero-order valence-corrected chi connectivity index (χ0v) is 22.5. The standard InChI is InChI=1S/C29H30FNO7S.3H2/c1-18-3-4-19(12-27(34)29(9-10-29)21-6-7-24-25(14-21)38-17-37-24)11-22(18)20-5-8-26(23(30)13-20)39(35,36)31-28(2,15-32)16-33;;;/h3-8,11,13-14,31-33H,9-10,12,15-17H2,1-2H3;3*1H. The second-order valence-corrected chi connectivity index (χ2v) is 12.2. The van der Waals surface area contributed by atoms with E-state index in [1.54, 1.807) is 0 Å². The first kappa shape index (κ1) is 27.3. The van der Waals surface area contributed by atoms with Crippen LogP contribution < -0.4 is 14.2 Å². The number of halogens is 1. The lowest BCUT2D eigenvalue weighted by molar-refractivity contribution is -0.120. The maximum absolute atomic E-state index is 15.1. The van der Waals surface area contributed by atoms with Gasteiger partial charge in [-0.3, -0.25) is 4.79 Å². The van der Waals surface area contributed by atoms with Crippen molar-refractivity contribution in [2.75, 3.05) is 20.0 Å². The van der Waals surface area contributed by atoms with E-state index < -0.39 is 44.9 Å². The van der Waals surface area contributed by atoms with Gasteiger partial charge in [-0.05, 0) is 78.8 Å². The van der Waals surface area contributed by atoms with Gasteiger partial charge in [0.1, 0.15) is 16.5 Å². The Balaban J connectivity index is 0.00000205. The van der Waals surface area contributed by atoms with Crippen molar-refractivity contribution in [3.05, 3.63) is 77.1 Å². The van der Waals surface area contributed by atoms with E-state index in [1.807, 2.05) is 43.3 Å². The number of aryl methyl sites for hydroxylation is 1. The number of ether oxygens (including phenoxy) is 2. The third kappa shape index (κ3) is 5.17. The van der Waals surface area contributed by atoms with Gasteiger partial charge < -0.3 is 19.7 Å². The molecule has 0 aromatic heterocycles. The molecule has 3 N–H and O–H groups in total. The Morgan fingerprint density at radius 3 is 2.44 bits per heavy atom. The van der Waals surface area contributed by atoms with Gasteiger partial charge in [-0.1, -0.05) is 30.3 Å². The van der Waals surface area contributed by atoms with Crippen LogP contribution in [0.1, 0.15) is 40.7 Å². The van der Waals surface area contributed by atoms with Crippen LogP contribution in [-0.2, 0) is 26.7 Å². The highest BCUT2D eigenvalue weighted by Gasteiger charge is 2.50. The highest BCUT2D eigenvalue weighted by atomic mass is 32.2. The number of Topliss-reactive ketones (excluding diaryl/α,β-unsaturated/α-hetero) is 1. The third-order valence-electron chi connectivity index (χ3n) is 7.49. The second kappa shape index (κ2) is 10.0. The number of nitrogens with one attached hydrogen (secondary N) is 1. The lowest BCUT2D eigenvalue weighted by Gasteiger charge is -2.25. The van der Waals surface area contributed by atoms with Crippen LogP contribution in [0.4, 0.5) is 4.39 Å². The molecule has 39 heavy (non-hydrogen) atoms. The molecule has 0 atom stereocenters. The van der Waals surface area contributed by atoms with Gasteiger partial charge in [-0.25, -0.2) is 17.5 Å². The van der Waals surface area contributed by atoms with Crippen LogP contribution in [0.15, 0.2) is 59.5 Å². The number of fused-ring (bicyclic) bond motifs is 1. The quantitative estimate of drug-likeness (QED) is 0.340. The van der Waals surface area contributed by atoms with Gasteiger partial charge in [0.2, 0.25) is 16.8 Å². The van der Waals surface area contributed by atoms with Crippen LogP contribution in [0.2, 0.25) is 0 Å². The topological polar surface area (TPSA) is 122 Å². The first-order chi connectivity index (χ1) is 18.5. The molecule has 1 saturated carbocycles. The van der Waals surface area contributed by atoms with Gasteiger partial charge in [0.05, 0.1) is 24.2 Å². The molecule has 0 spiro atoms. The van der Waals surface area contributed by atoms with Gasteiger partial charge in [0.15, 0.2) is 11.5 Å². The average molecular weight is 562 g/mol. The Kier molecular flexibility index (Phi) is 7.00. The summed E-state index contributed by atoms with van der Waals surface area (Å²) >= 11 is 0. The fraction of sp³-hybridized carbons (Fsp3) is 0.345. The number of aliphatic hydroxyl groups excluding tert-OH is 2. The van der Waals surface area contributed by atoms with Crippen LogP contribution in [-0.4, -0.2) is 50.0 Å². The van der Waals surface area contributed by atoms with Gasteiger partial charge >= 0.3 is 0 Å². The number of rotatable bonds is 10. The first-order valence-electron chi connectivity index (χ1n) is 12.6. The fourth-order valence-corrected chi connectivity index (χ4v) is 6.32. The molecule has 212 valence electrons. The van der Waals surface area contributed by atoms with Crippen LogP contribution in [0.5, 0.6) is 11.5 Å². The highest BCUT2D eigenvalue weighted by molar-refractivity contribution is 7.89. The Labute approximate surface area is 230 Å². The summed E-state index contributed by atoms with van der Waals surface area (Å²) < 4.78 is 53.6. The molecule has 1 aliphatic carbocycles. The molecular formula is C29H36FNO7S. The van der Waals surface area contributed by atoms with Crippen LogP contribution in [0.25, 0.3) is 11.1 Å². The predicted molar refractivity (Wildman–Crippen MR) is 148 cm³/mol. The number of benzene rings is 3. The van der Waals surface area contributed by atoms with E-state index in [4.69, 9.17) is 9.47 Å². The average Bonchev–Trinajstić information content (AvgIpc) is 3.59. The number of sulfonamides is 1. The van der Waals surface area contributed by atoms with E-state index in [9.17, 15) is 23.4 Å². The van der Waals surface area contributed by atoms with E-state index >= 15 is 4.39 Å². The molecule has 8 nitrogen and oxygen atoms in total. The van der Waals surface area contributed by atoms with Crippen molar-refractivity contribution < 1.29 is 41.6 Å². The lowest BCUT2D eigenvalue weighted by Crippen LogP contribution is -2.51. The zero-order valence-electron chi connectivity index (χ0n) is 21.7. The molecule has 3 aromatic rings. The van der Waals surface area contributed by atoms with E-state index in [2.05, 4.69) is 4.72 Å².